The lowest BCUT2D eigenvalue weighted by Crippen LogP contribution is -2.44. The first-order valence-corrected chi connectivity index (χ1v) is 10.2. The Kier molecular flexibility index (Phi) is 5.90. The highest BCUT2D eigenvalue weighted by Crippen LogP contribution is 2.29. The fourth-order valence-electron chi connectivity index (χ4n) is 4.19. The lowest BCUT2D eigenvalue weighted by molar-refractivity contribution is -0.122. The zero-order valence-corrected chi connectivity index (χ0v) is 16.3. The van der Waals surface area contributed by atoms with Gasteiger partial charge in [0, 0.05) is 43.0 Å². The van der Waals surface area contributed by atoms with Crippen molar-refractivity contribution in [3.63, 3.8) is 0 Å². The molecule has 0 aromatic heterocycles. The van der Waals surface area contributed by atoms with E-state index in [9.17, 15) is 14.0 Å². The first kappa shape index (κ1) is 19.6. The van der Waals surface area contributed by atoms with Gasteiger partial charge in [-0.3, -0.25) is 9.59 Å². The molecule has 0 saturated carbocycles. The third-order valence-electron chi connectivity index (χ3n) is 5.73. The Morgan fingerprint density at radius 2 is 1.93 bits per heavy atom. The molecule has 0 aliphatic carbocycles. The Labute approximate surface area is 169 Å². The molecule has 1 N–H and O–H groups in total. The van der Waals surface area contributed by atoms with Crippen molar-refractivity contribution >= 4 is 23.2 Å². The summed E-state index contributed by atoms with van der Waals surface area (Å²) in [5, 5.41) is 2.94. The number of ether oxygens (including phenoxy) is 1. The fraction of sp³-hybridized carbons (Fsp3) is 0.391. The van der Waals surface area contributed by atoms with E-state index in [1.165, 1.54) is 12.1 Å². The van der Waals surface area contributed by atoms with Crippen LogP contribution >= 0.6 is 0 Å². The molecule has 5 nitrogen and oxygen atoms in total. The first-order valence-electron chi connectivity index (χ1n) is 10.2. The second kappa shape index (κ2) is 8.74. The molecule has 6 heteroatoms. The number of hydrogen-bond donors (Lipinski definition) is 1. The van der Waals surface area contributed by atoms with Crippen LogP contribution in [0.25, 0.3) is 0 Å². The van der Waals surface area contributed by atoms with E-state index < -0.39 is 0 Å². The molecule has 1 saturated heterocycles. The highest BCUT2D eigenvalue weighted by Gasteiger charge is 2.30. The second-order valence-corrected chi connectivity index (χ2v) is 7.67. The maximum absolute atomic E-state index is 13.8. The van der Waals surface area contributed by atoms with Gasteiger partial charge >= 0.3 is 0 Å². The number of amides is 2. The van der Waals surface area contributed by atoms with Gasteiger partial charge in [-0.2, -0.15) is 0 Å². The van der Waals surface area contributed by atoms with Crippen LogP contribution in [0.15, 0.2) is 48.5 Å². The summed E-state index contributed by atoms with van der Waals surface area (Å²) < 4.78 is 19.2. The standard InChI is InChI=1S/C23H25FN2O3/c24-18-5-3-6-20(15-18)26(19-10-12-29-13-11-19)22(27)9-8-17-14-16-4-1-2-7-21(16)25-23(17)28/h1-7,15,17,19H,8-14H2,(H,25,28). The topological polar surface area (TPSA) is 58.6 Å². The molecule has 2 aromatic carbocycles. The zero-order valence-electron chi connectivity index (χ0n) is 16.3. The maximum atomic E-state index is 13.8. The van der Waals surface area contributed by atoms with Gasteiger partial charge in [-0.25, -0.2) is 4.39 Å². The number of carbonyl (C=O) groups excluding carboxylic acids is 2. The van der Waals surface area contributed by atoms with E-state index in [1.807, 2.05) is 24.3 Å². The summed E-state index contributed by atoms with van der Waals surface area (Å²) in [4.78, 5) is 27.3. The third-order valence-corrected chi connectivity index (χ3v) is 5.73. The summed E-state index contributed by atoms with van der Waals surface area (Å²) >= 11 is 0. The summed E-state index contributed by atoms with van der Waals surface area (Å²) in [6, 6.07) is 13.9. The SMILES string of the molecule is O=C1Nc2ccccc2CC1CCC(=O)N(c1cccc(F)c1)C1CCOCC1. The monoisotopic (exact) mass is 396 g/mol. The van der Waals surface area contributed by atoms with Gasteiger partial charge in [0.2, 0.25) is 11.8 Å². The number of rotatable bonds is 5. The van der Waals surface area contributed by atoms with E-state index in [1.54, 1.807) is 17.0 Å². The molecule has 1 unspecified atom stereocenters. The summed E-state index contributed by atoms with van der Waals surface area (Å²) in [5.41, 5.74) is 2.51. The minimum atomic E-state index is -0.365. The number of benzene rings is 2. The molecule has 0 radical (unpaired) electrons. The van der Waals surface area contributed by atoms with Crippen LogP contribution in [0.4, 0.5) is 15.8 Å². The molecular formula is C23H25FN2O3. The van der Waals surface area contributed by atoms with E-state index >= 15 is 0 Å². The van der Waals surface area contributed by atoms with Gasteiger partial charge in [0.25, 0.3) is 0 Å². The Morgan fingerprint density at radius 1 is 1.14 bits per heavy atom. The van der Waals surface area contributed by atoms with E-state index in [0.29, 0.717) is 31.7 Å². The number of carbonyl (C=O) groups is 2. The van der Waals surface area contributed by atoms with Gasteiger partial charge in [-0.15, -0.1) is 0 Å². The molecule has 152 valence electrons. The summed E-state index contributed by atoms with van der Waals surface area (Å²) in [6.07, 6.45) is 2.79. The van der Waals surface area contributed by atoms with E-state index in [2.05, 4.69) is 5.32 Å². The quantitative estimate of drug-likeness (QED) is 0.833. The molecule has 2 aliphatic heterocycles. The number of anilines is 2. The van der Waals surface area contributed by atoms with Crippen LogP contribution in [0.1, 0.15) is 31.2 Å². The summed E-state index contributed by atoms with van der Waals surface area (Å²) in [6.45, 7) is 1.18. The number of nitrogens with zero attached hydrogens (tertiary/aromatic N) is 1. The van der Waals surface area contributed by atoms with Gasteiger partial charge in [-0.1, -0.05) is 24.3 Å². The Balaban J connectivity index is 1.47. The van der Waals surface area contributed by atoms with Crippen molar-refractivity contribution in [2.45, 2.75) is 38.1 Å². The van der Waals surface area contributed by atoms with Crippen LogP contribution in [0, 0.1) is 11.7 Å². The minimum Gasteiger partial charge on any atom is -0.381 e. The first-order chi connectivity index (χ1) is 14.1. The Morgan fingerprint density at radius 3 is 2.72 bits per heavy atom. The Bertz CT molecular complexity index is 895. The van der Waals surface area contributed by atoms with Gasteiger partial charge in [0.1, 0.15) is 5.82 Å². The second-order valence-electron chi connectivity index (χ2n) is 7.67. The molecule has 2 aromatic rings. The lowest BCUT2D eigenvalue weighted by atomic mass is 9.89. The van der Waals surface area contributed by atoms with Crippen molar-refractivity contribution in [1.29, 1.82) is 0 Å². The smallest absolute Gasteiger partial charge is 0.227 e. The maximum Gasteiger partial charge on any atom is 0.227 e. The molecule has 1 fully saturated rings. The van der Waals surface area contributed by atoms with Gasteiger partial charge < -0.3 is 15.0 Å². The highest BCUT2D eigenvalue weighted by molar-refractivity contribution is 5.97. The van der Waals surface area contributed by atoms with E-state index in [0.717, 1.165) is 24.1 Å². The van der Waals surface area contributed by atoms with Gasteiger partial charge in [-0.05, 0) is 55.5 Å². The molecule has 2 aliphatic rings. The van der Waals surface area contributed by atoms with Gasteiger partial charge in [0.05, 0.1) is 0 Å². The molecule has 2 heterocycles. The molecule has 29 heavy (non-hydrogen) atoms. The van der Waals surface area contributed by atoms with Crippen molar-refractivity contribution in [3.8, 4) is 0 Å². The van der Waals surface area contributed by atoms with Crippen molar-refractivity contribution in [1.82, 2.24) is 0 Å². The van der Waals surface area contributed by atoms with Crippen LogP contribution in [0.3, 0.4) is 0 Å². The number of nitrogens with one attached hydrogen (secondary N) is 1. The summed E-state index contributed by atoms with van der Waals surface area (Å²) in [5.74, 6) is -0.720. The van der Waals surface area contributed by atoms with Gasteiger partial charge in [0.15, 0.2) is 0 Å². The van der Waals surface area contributed by atoms with Crippen LogP contribution < -0.4 is 10.2 Å². The minimum absolute atomic E-state index is 0.0149. The van der Waals surface area contributed by atoms with Crippen molar-refractivity contribution in [3.05, 3.63) is 59.9 Å². The average Bonchev–Trinajstić information content (AvgIpc) is 2.73. The average molecular weight is 396 g/mol. The lowest BCUT2D eigenvalue weighted by Gasteiger charge is -2.35. The van der Waals surface area contributed by atoms with Crippen molar-refractivity contribution in [2.75, 3.05) is 23.4 Å². The third kappa shape index (κ3) is 4.48. The van der Waals surface area contributed by atoms with Crippen LogP contribution in [-0.4, -0.2) is 31.1 Å². The largest absolute Gasteiger partial charge is 0.381 e. The van der Waals surface area contributed by atoms with Crippen LogP contribution in [-0.2, 0) is 20.7 Å². The molecular weight excluding hydrogens is 371 g/mol. The van der Waals surface area contributed by atoms with Crippen molar-refractivity contribution < 1.29 is 18.7 Å². The number of halogens is 1. The van der Waals surface area contributed by atoms with Crippen LogP contribution in [0.2, 0.25) is 0 Å². The fourth-order valence-corrected chi connectivity index (χ4v) is 4.19. The number of fused-ring (bicyclic) bond motifs is 1. The van der Waals surface area contributed by atoms with E-state index in [-0.39, 0.29) is 36.0 Å². The molecule has 2 amide bonds. The molecule has 0 bridgehead atoms. The summed E-state index contributed by atoms with van der Waals surface area (Å²) in [7, 11) is 0. The normalized spacial score (nSPS) is 19.3. The predicted molar refractivity (Wildman–Crippen MR) is 109 cm³/mol. The van der Waals surface area contributed by atoms with Crippen LogP contribution in [0.5, 0.6) is 0 Å². The molecule has 0 spiro atoms. The van der Waals surface area contributed by atoms with E-state index in [4.69, 9.17) is 4.74 Å². The van der Waals surface area contributed by atoms with Crippen molar-refractivity contribution in [2.24, 2.45) is 5.92 Å². The predicted octanol–water partition coefficient (Wildman–Crippen LogP) is 3.93. The molecule has 4 rings (SSSR count). The number of para-hydroxylation sites is 1. The Hall–Kier alpha value is -2.73. The zero-order chi connectivity index (χ0) is 20.2. The number of hydrogen-bond acceptors (Lipinski definition) is 3. The molecule has 1 atom stereocenters. The highest BCUT2D eigenvalue weighted by atomic mass is 19.1.